The normalized spacial score (nSPS) is 23.5. The van der Waals surface area contributed by atoms with Gasteiger partial charge in [0.25, 0.3) is 5.69 Å². The first-order chi connectivity index (χ1) is 12.1. The molecule has 0 fully saturated rings. The lowest BCUT2D eigenvalue weighted by molar-refractivity contribution is -0.384. The molecule has 1 aliphatic heterocycles. The van der Waals surface area contributed by atoms with Crippen molar-refractivity contribution >= 4 is 11.4 Å². The van der Waals surface area contributed by atoms with Gasteiger partial charge in [-0.25, -0.2) is 0 Å². The molecule has 1 heterocycles. The van der Waals surface area contributed by atoms with Crippen LogP contribution < -0.4 is 10.1 Å². The third kappa shape index (κ3) is 2.47. The van der Waals surface area contributed by atoms with Gasteiger partial charge in [0.05, 0.1) is 23.8 Å². The Morgan fingerprint density at radius 3 is 2.64 bits per heavy atom. The number of anilines is 1. The predicted molar refractivity (Wildman–Crippen MR) is 97.2 cm³/mol. The number of nitrogens with zero attached hydrogens (tertiary/aromatic N) is 1. The zero-order valence-corrected chi connectivity index (χ0v) is 14.2. The number of allylic oxidation sites excluding steroid dienone is 2. The lowest BCUT2D eigenvalue weighted by Gasteiger charge is -2.39. The van der Waals surface area contributed by atoms with Crippen LogP contribution in [0.15, 0.2) is 48.6 Å². The molecule has 0 bridgehead atoms. The molecular formula is C20H20N2O3. The van der Waals surface area contributed by atoms with Gasteiger partial charge in [-0.15, -0.1) is 0 Å². The fraction of sp³-hybridized carbons (Fsp3) is 0.300. The molecule has 128 valence electrons. The Kier molecular flexibility index (Phi) is 3.71. The zero-order valence-electron chi connectivity index (χ0n) is 14.2. The van der Waals surface area contributed by atoms with Crippen molar-refractivity contribution in [3.05, 3.63) is 75.4 Å². The van der Waals surface area contributed by atoms with E-state index in [9.17, 15) is 10.1 Å². The molecule has 0 spiro atoms. The summed E-state index contributed by atoms with van der Waals surface area (Å²) in [5, 5.41) is 14.6. The molecular weight excluding hydrogens is 316 g/mol. The number of ether oxygens (including phenoxy) is 1. The monoisotopic (exact) mass is 336 g/mol. The molecule has 5 nitrogen and oxygen atoms in total. The molecule has 1 N–H and O–H groups in total. The first kappa shape index (κ1) is 15.7. The number of hydrogen-bond donors (Lipinski definition) is 1. The van der Waals surface area contributed by atoms with Gasteiger partial charge in [0, 0.05) is 18.1 Å². The first-order valence-electron chi connectivity index (χ1n) is 8.45. The van der Waals surface area contributed by atoms with E-state index in [2.05, 4.69) is 30.5 Å². The lowest BCUT2D eigenvalue weighted by atomic mass is 9.75. The number of fused-ring (bicyclic) bond motifs is 3. The number of hydrogen-bond acceptors (Lipinski definition) is 4. The molecule has 5 heteroatoms. The smallest absolute Gasteiger partial charge is 0.269 e. The number of benzene rings is 2. The second-order valence-corrected chi connectivity index (χ2v) is 6.70. The van der Waals surface area contributed by atoms with Crippen LogP contribution in [0.4, 0.5) is 11.4 Å². The largest absolute Gasteiger partial charge is 0.495 e. The predicted octanol–water partition coefficient (Wildman–Crippen LogP) is 4.74. The number of nitro groups is 1. The fourth-order valence-electron chi connectivity index (χ4n) is 4.17. The van der Waals surface area contributed by atoms with Crippen molar-refractivity contribution in [2.75, 3.05) is 12.4 Å². The Balaban J connectivity index is 1.79. The summed E-state index contributed by atoms with van der Waals surface area (Å²) >= 11 is 0. The minimum Gasteiger partial charge on any atom is -0.495 e. The molecule has 4 rings (SSSR count). The minimum atomic E-state index is -0.361. The number of nitrogens with one attached hydrogen (secondary N) is 1. The summed E-state index contributed by atoms with van der Waals surface area (Å²) in [5.41, 5.74) is 4.79. The Morgan fingerprint density at radius 2 is 1.96 bits per heavy atom. The molecule has 0 saturated carbocycles. The Morgan fingerprint density at radius 1 is 1.20 bits per heavy atom. The number of rotatable bonds is 3. The molecule has 0 unspecified atom stereocenters. The van der Waals surface area contributed by atoms with E-state index in [-0.39, 0.29) is 16.7 Å². The third-order valence-corrected chi connectivity index (χ3v) is 5.38. The zero-order chi connectivity index (χ0) is 17.6. The Hall–Kier alpha value is -2.82. The highest BCUT2D eigenvalue weighted by atomic mass is 16.6. The maximum Gasteiger partial charge on any atom is 0.269 e. The van der Waals surface area contributed by atoms with Crippen molar-refractivity contribution < 1.29 is 9.66 Å². The van der Waals surface area contributed by atoms with Gasteiger partial charge in [-0.05, 0) is 42.0 Å². The van der Waals surface area contributed by atoms with Gasteiger partial charge in [-0.1, -0.05) is 30.4 Å². The van der Waals surface area contributed by atoms with E-state index in [4.69, 9.17) is 4.74 Å². The van der Waals surface area contributed by atoms with E-state index >= 15 is 0 Å². The van der Waals surface area contributed by atoms with Crippen LogP contribution in [0, 0.1) is 23.0 Å². The van der Waals surface area contributed by atoms with Crippen LogP contribution in [-0.4, -0.2) is 12.0 Å². The molecule has 0 saturated heterocycles. The van der Waals surface area contributed by atoms with Crippen LogP contribution in [0.1, 0.15) is 35.1 Å². The number of aryl methyl sites for hydroxylation is 1. The standard InChI is InChI=1S/C20H20N2O3/c1-12-6-11-17(25-2)20-18(12)15-4-3-5-16(15)19(21-20)13-7-9-14(10-8-13)22(23)24/h3-4,6-11,15-16,19,21H,5H2,1-2H3/t15-,16-,19+/m0/s1. The topological polar surface area (TPSA) is 64.4 Å². The van der Waals surface area contributed by atoms with Crippen LogP contribution in [0.25, 0.3) is 0 Å². The summed E-state index contributed by atoms with van der Waals surface area (Å²) in [6, 6.07) is 11.1. The van der Waals surface area contributed by atoms with E-state index in [1.165, 1.54) is 11.1 Å². The van der Waals surface area contributed by atoms with Gasteiger partial charge in [0.15, 0.2) is 0 Å². The van der Waals surface area contributed by atoms with Crippen molar-refractivity contribution in [2.45, 2.75) is 25.3 Å². The number of nitro benzene ring substituents is 1. The molecule has 0 aromatic heterocycles. The lowest BCUT2D eigenvalue weighted by Crippen LogP contribution is -2.30. The number of non-ortho nitro benzene ring substituents is 1. The molecule has 25 heavy (non-hydrogen) atoms. The van der Waals surface area contributed by atoms with Gasteiger partial charge in [-0.3, -0.25) is 10.1 Å². The second kappa shape index (κ2) is 5.92. The van der Waals surface area contributed by atoms with Crippen molar-refractivity contribution in [1.82, 2.24) is 0 Å². The van der Waals surface area contributed by atoms with Gasteiger partial charge >= 0.3 is 0 Å². The van der Waals surface area contributed by atoms with Gasteiger partial charge in [0.2, 0.25) is 0 Å². The quantitative estimate of drug-likeness (QED) is 0.499. The van der Waals surface area contributed by atoms with Crippen molar-refractivity contribution in [3.8, 4) is 5.75 Å². The summed E-state index contributed by atoms with van der Waals surface area (Å²) in [4.78, 5) is 10.6. The highest BCUT2D eigenvalue weighted by Crippen LogP contribution is 2.53. The van der Waals surface area contributed by atoms with Crippen LogP contribution in [0.3, 0.4) is 0 Å². The molecule has 2 aliphatic rings. The SMILES string of the molecule is COc1ccc(C)c2c1N[C@H](c1ccc([N+](=O)[O-])cc1)[C@H]1CC=C[C@H]21. The van der Waals surface area contributed by atoms with E-state index in [0.717, 1.165) is 23.4 Å². The van der Waals surface area contributed by atoms with Gasteiger partial charge in [0.1, 0.15) is 5.75 Å². The van der Waals surface area contributed by atoms with Crippen molar-refractivity contribution in [3.63, 3.8) is 0 Å². The van der Waals surface area contributed by atoms with Crippen molar-refractivity contribution in [1.29, 1.82) is 0 Å². The average molecular weight is 336 g/mol. The molecule has 0 amide bonds. The number of methoxy groups -OCH3 is 1. The summed E-state index contributed by atoms with van der Waals surface area (Å²) < 4.78 is 5.57. The van der Waals surface area contributed by atoms with E-state index in [1.54, 1.807) is 19.2 Å². The third-order valence-electron chi connectivity index (χ3n) is 5.38. The van der Waals surface area contributed by atoms with Crippen molar-refractivity contribution in [2.24, 2.45) is 5.92 Å². The van der Waals surface area contributed by atoms with E-state index in [1.807, 2.05) is 18.2 Å². The maximum absolute atomic E-state index is 10.9. The van der Waals surface area contributed by atoms with Crippen LogP contribution >= 0.6 is 0 Å². The average Bonchev–Trinajstić information content (AvgIpc) is 3.11. The fourth-order valence-corrected chi connectivity index (χ4v) is 4.17. The summed E-state index contributed by atoms with van der Waals surface area (Å²) in [6.07, 6.45) is 5.52. The van der Waals surface area contributed by atoms with Gasteiger partial charge < -0.3 is 10.1 Å². The molecule has 0 radical (unpaired) electrons. The Bertz CT molecular complexity index is 858. The molecule has 2 aromatic rings. The first-order valence-corrected chi connectivity index (χ1v) is 8.45. The summed E-state index contributed by atoms with van der Waals surface area (Å²) in [7, 11) is 1.68. The second-order valence-electron chi connectivity index (χ2n) is 6.70. The van der Waals surface area contributed by atoms with Crippen LogP contribution in [-0.2, 0) is 0 Å². The highest BCUT2D eigenvalue weighted by molar-refractivity contribution is 5.69. The molecule has 3 atom stereocenters. The minimum absolute atomic E-state index is 0.101. The molecule has 1 aliphatic carbocycles. The molecule has 2 aromatic carbocycles. The van der Waals surface area contributed by atoms with Crippen LogP contribution in [0.2, 0.25) is 0 Å². The van der Waals surface area contributed by atoms with E-state index in [0.29, 0.717) is 11.8 Å². The summed E-state index contributed by atoms with van der Waals surface area (Å²) in [5.74, 6) is 1.58. The summed E-state index contributed by atoms with van der Waals surface area (Å²) in [6.45, 7) is 2.13. The van der Waals surface area contributed by atoms with Gasteiger partial charge in [-0.2, -0.15) is 0 Å². The van der Waals surface area contributed by atoms with Crippen LogP contribution in [0.5, 0.6) is 5.75 Å². The van der Waals surface area contributed by atoms with E-state index < -0.39 is 0 Å². The Labute approximate surface area is 146 Å². The maximum atomic E-state index is 10.9. The highest BCUT2D eigenvalue weighted by Gasteiger charge is 2.39.